The zero-order chi connectivity index (χ0) is 8.97. The summed E-state index contributed by atoms with van der Waals surface area (Å²) in [5.41, 5.74) is 5.51. The van der Waals surface area contributed by atoms with Crippen molar-refractivity contribution < 1.29 is 9.21 Å². The molecular formula is C9H13NO2. The molecule has 1 unspecified atom stereocenters. The fraction of sp³-hybridized carbons (Fsp3) is 0.444. The van der Waals surface area contributed by atoms with Crippen molar-refractivity contribution in [1.82, 2.24) is 0 Å². The fourth-order valence-corrected chi connectivity index (χ4v) is 0.919. The van der Waals surface area contributed by atoms with Crippen LogP contribution in [0, 0.1) is 0 Å². The van der Waals surface area contributed by atoms with Gasteiger partial charge < -0.3 is 10.2 Å². The third-order valence-electron chi connectivity index (χ3n) is 1.62. The Hall–Kier alpha value is -1.09. The number of hydrogen-bond acceptors (Lipinski definition) is 3. The van der Waals surface area contributed by atoms with E-state index in [-0.39, 0.29) is 11.8 Å². The molecule has 0 bridgehead atoms. The van der Waals surface area contributed by atoms with Crippen LogP contribution in [0.2, 0.25) is 0 Å². The van der Waals surface area contributed by atoms with Gasteiger partial charge in [-0.15, -0.1) is 0 Å². The molecule has 0 radical (unpaired) electrons. The highest BCUT2D eigenvalue weighted by Crippen LogP contribution is 2.06. The maximum Gasteiger partial charge on any atom is 0.198 e. The van der Waals surface area contributed by atoms with Crippen molar-refractivity contribution in [1.29, 1.82) is 0 Å². The van der Waals surface area contributed by atoms with E-state index in [9.17, 15) is 4.79 Å². The van der Waals surface area contributed by atoms with E-state index in [4.69, 9.17) is 10.2 Å². The van der Waals surface area contributed by atoms with Crippen molar-refractivity contribution in [3.05, 3.63) is 24.2 Å². The molecule has 3 nitrogen and oxygen atoms in total. The molecule has 0 fully saturated rings. The molecule has 1 rings (SSSR count). The summed E-state index contributed by atoms with van der Waals surface area (Å²) in [5, 5.41) is 0. The van der Waals surface area contributed by atoms with E-state index in [2.05, 4.69) is 0 Å². The highest BCUT2D eigenvalue weighted by Gasteiger charge is 2.08. The molecule has 1 heterocycles. The van der Waals surface area contributed by atoms with Crippen molar-refractivity contribution in [3.8, 4) is 0 Å². The Kier molecular flexibility index (Phi) is 3.05. The topological polar surface area (TPSA) is 56.2 Å². The number of nitrogens with two attached hydrogens (primary N) is 1. The van der Waals surface area contributed by atoms with Gasteiger partial charge in [-0.2, -0.15) is 0 Å². The van der Waals surface area contributed by atoms with Gasteiger partial charge >= 0.3 is 0 Å². The summed E-state index contributed by atoms with van der Waals surface area (Å²) in [5.74, 6) is 0.452. The minimum Gasteiger partial charge on any atom is -0.461 e. The van der Waals surface area contributed by atoms with Crippen LogP contribution >= 0.6 is 0 Å². The normalized spacial score (nSPS) is 12.8. The monoisotopic (exact) mass is 167 g/mol. The molecule has 0 amide bonds. The van der Waals surface area contributed by atoms with Crippen LogP contribution in [0.1, 0.15) is 30.3 Å². The van der Waals surface area contributed by atoms with Crippen LogP contribution in [0.15, 0.2) is 22.8 Å². The van der Waals surface area contributed by atoms with Crippen LogP contribution in [0.3, 0.4) is 0 Å². The summed E-state index contributed by atoms with van der Waals surface area (Å²) < 4.78 is 4.94. The molecule has 1 aromatic heterocycles. The Morgan fingerprint density at radius 1 is 1.75 bits per heavy atom. The average molecular weight is 167 g/mol. The third kappa shape index (κ3) is 2.51. The Bertz CT molecular complexity index is 239. The second-order valence-corrected chi connectivity index (χ2v) is 2.92. The fourth-order valence-electron chi connectivity index (χ4n) is 0.919. The lowest BCUT2D eigenvalue weighted by atomic mass is 10.1. The van der Waals surface area contributed by atoms with E-state index in [1.165, 1.54) is 6.26 Å². The zero-order valence-electron chi connectivity index (χ0n) is 7.12. The highest BCUT2D eigenvalue weighted by molar-refractivity contribution is 5.93. The Morgan fingerprint density at radius 2 is 2.50 bits per heavy atom. The maximum absolute atomic E-state index is 11.3. The van der Waals surface area contributed by atoms with Gasteiger partial charge in [-0.1, -0.05) is 0 Å². The second-order valence-electron chi connectivity index (χ2n) is 2.92. The van der Waals surface area contributed by atoms with Gasteiger partial charge in [0, 0.05) is 12.5 Å². The SMILES string of the molecule is CC(N)CCC(=O)c1ccco1. The summed E-state index contributed by atoms with van der Waals surface area (Å²) >= 11 is 0. The lowest BCUT2D eigenvalue weighted by Gasteiger charge is -2.01. The van der Waals surface area contributed by atoms with Crippen molar-refractivity contribution in [2.24, 2.45) is 5.73 Å². The summed E-state index contributed by atoms with van der Waals surface area (Å²) in [6.45, 7) is 1.88. The molecule has 0 aliphatic rings. The summed E-state index contributed by atoms with van der Waals surface area (Å²) in [6, 6.07) is 3.45. The number of ketones is 1. The predicted octanol–water partition coefficient (Wildman–Crippen LogP) is 1.59. The van der Waals surface area contributed by atoms with Crippen LogP contribution < -0.4 is 5.73 Å². The lowest BCUT2D eigenvalue weighted by molar-refractivity contribution is 0.0951. The summed E-state index contributed by atoms with van der Waals surface area (Å²) in [6.07, 6.45) is 2.67. The molecule has 0 aliphatic heterocycles. The molecule has 0 saturated heterocycles. The smallest absolute Gasteiger partial charge is 0.198 e. The minimum absolute atomic E-state index is 0.0253. The molecule has 12 heavy (non-hydrogen) atoms. The summed E-state index contributed by atoms with van der Waals surface area (Å²) in [7, 11) is 0. The van der Waals surface area contributed by atoms with Crippen molar-refractivity contribution in [3.63, 3.8) is 0 Å². The van der Waals surface area contributed by atoms with Crippen molar-refractivity contribution in [2.75, 3.05) is 0 Å². The highest BCUT2D eigenvalue weighted by atomic mass is 16.3. The lowest BCUT2D eigenvalue weighted by Crippen LogP contribution is -2.16. The van der Waals surface area contributed by atoms with E-state index in [0.29, 0.717) is 18.6 Å². The standard InChI is InChI=1S/C9H13NO2/c1-7(10)4-5-8(11)9-3-2-6-12-9/h2-3,6-7H,4-5,10H2,1H3. The van der Waals surface area contributed by atoms with Gasteiger partial charge in [0.05, 0.1) is 6.26 Å². The molecular weight excluding hydrogens is 154 g/mol. The first-order valence-corrected chi connectivity index (χ1v) is 4.02. The van der Waals surface area contributed by atoms with Crippen LogP contribution in [-0.4, -0.2) is 11.8 Å². The number of furan rings is 1. The quantitative estimate of drug-likeness (QED) is 0.693. The average Bonchev–Trinajstić information content (AvgIpc) is 2.51. The van der Waals surface area contributed by atoms with Crippen molar-refractivity contribution in [2.45, 2.75) is 25.8 Å². The molecule has 1 aromatic rings. The maximum atomic E-state index is 11.3. The van der Waals surface area contributed by atoms with Gasteiger partial charge in [0.2, 0.25) is 0 Å². The molecule has 3 heteroatoms. The number of rotatable bonds is 4. The van der Waals surface area contributed by atoms with Gasteiger partial charge in [-0.05, 0) is 25.5 Å². The molecule has 0 aromatic carbocycles. The first-order chi connectivity index (χ1) is 5.70. The zero-order valence-corrected chi connectivity index (χ0v) is 7.12. The van der Waals surface area contributed by atoms with Gasteiger partial charge in [0.25, 0.3) is 0 Å². The Morgan fingerprint density at radius 3 is 3.00 bits per heavy atom. The number of carbonyl (C=O) groups excluding carboxylic acids is 1. The minimum atomic E-state index is 0.0253. The molecule has 0 saturated carbocycles. The Labute approximate surface area is 71.6 Å². The molecule has 66 valence electrons. The molecule has 1 atom stereocenters. The van der Waals surface area contributed by atoms with Gasteiger partial charge in [0.15, 0.2) is 11.5 Å². The largest absolute Gasteiger partial charge is 0.461 e. The van der Waals surface area contributed by atoms with E-state index in [1.54, 1.807) is 12.1 Å². The molecule has 0 aliphatic carbocycles. The van der Waals surface area contributed by atoms with Crippen molar-refractivity contribution >= 4 is 5.78 Å². The third-order valence-corrected chi connectivity index (χ3v) is 1.62. The van der Waals surface area contributed by atoms with E-state index >= 15 is 0 Å². The first-order valence-electron chi connectivity index (χ1n) is 4.02. The Balaban J connectivity index is 2.40. The van der Waals surface area contributed by atoms with E-state index in [1.807, 2.05) is 6.92 Å². The number of Topliss-reactive ketones (excluding diaryl/α,β-unsaturated/α-hetero) is 1. The van der Waals surface area contributed by atoms with Crippen LogP contribution in [0.25, 0.3) is 0 Å². The van der Waals surface area contributed by atoms with Crippen LogP contribution in [0.5, 0.6) is 0 Å². The first kappa shape index (κ1) is 9.00. The van der Waals surface area contributed by atoms with Crippen LogP contribution in [0.4, 0.5) is 0 Å². The van der Waals surface area contributed by atoms with Gasteiger partial charge in [-0.25, -0.2) is 0 Å². The molecule has 2 N–H and O–H groups in total. The van der Waals surface area contributed by atoms with Gasteiger partial charge in [0.1, 0.15) is 0 Å². The van der Waals surface area contributed by atoms with E-state index < -0.39 is 0 Å². The van der Waals surface area contributed by atoms with Crippen LogP contribution in [-0.2, 0) is 0 Å². The number of hydrogen-bond donors (Lipinski definition) is 1. The molecule has 0 spiro atoms. The second kappa shape index (κ2) is 4.07. The summed E-state index contributed by atoms with van der Waals surface area (Å²) in [4.78, 5) is 11.3. The number of carbonyl (C=O) groups is 1. The van der Waals surface area contributed by atoms with Gasteiger partial charge in [-0.3, -0.25) is 4.79 Å². The van der Waals surface area contributed by atoms with E-state index in [0.717, 1.165) is 0 Å². The predicted molar refractivity (Wildman–Crippen MR) is 45.9 cm³/mol.